The number of carbonyl (C=O) groups is 1. The van der Waals surface area contributed by atoms with E-state index in [1.54, 1.807) is 6.20 Å². The van der Waals surface area contributed by atoms with E-state index < -0.39 is 5.91 Å². The molecule has 3 aromatic rings. The van der Waals surface area contributed by atoms with Crippen molar-refractivity contribution in [2.75, 3.05) is 11.9 Å². The average Bonchev–Trinajstić information content (AvgIpc) is 3.09. The highest BCUT2D eigenvalue weighted by Crippen LogP contribution is 2.21. The van der Waals surface area contributed by atoms with E-state index >= 15 is 0 Å². The van der Waals surface area contributed by atoms with Gasteiger partial charge in [0, 0.05) is 37.5 Å². The molecule has 0 aliphatic carbocycles. The number of hydrogen-bond acceptors (Lipinski definition) is 8. The first kappa shape index (κ1) is 16.9. The molecule has 0 bridgehead atoms. The molecule has 0 spiro atoms. The summed E-state index contributed by atoms with van der Waals surface area (Å²) in [4.78, 5) is 28.3. The molecule has 3 rings (SSSR count). The molecule has 25 heavy (non-hydrogen) atoms. The maximum Gasteiger partial charge on any atom is 0.260 e. The van der Waals surface area contributed by atoms with Crippen molar-refractivity contribution in [1.82, 2.24) is 25.3 Å². The van der Waals surface area contributed by atoms with Crippen LogP contribution in [0.5, 0.6) is 0 Å². The summed E-state index contributed by atoms with van der Waals surface area (Å²) in [7, 11) is 0. The summed E-state index contributed by atoms with van der Waals surface area (Å²) >= 11 is 1.18. The summed E-state index contributed by atoms with van der Waals surface area (Å²) in [6.45, 7) is 1.42. The molecule has 128 valence electrons. The van der Waals surface area contributed by atoms with E-state index in [1.165, 1.54) is 23.9 Å². The second-order valence-corrected chi connectivity index (χ2v) is 6.19. The lowest BCUT2D eigenvalue weighted by Gasteiger charge is -2.06. The van der Waals surface area contributed by atoms with E-state index in [-0.39, 0.29) is 0 Å². The first-order valence-corrected chi connectivity index (χ1v) is 8.46. The predicted molar refractivity (Wildman–Crippen MR) is 95.6 cm³/mol. The van der Waals surface area contributed by atoms with E-state index in [0.717, 1.165) is 24.4 Å². The van der Waals surface area contributed by atoms with Crippen molar-refractivity contribution in [1.29, 1.82) is 0 Å². The lowest BCUT2D eigenvalue weighted by atomic mass is 10.2. The minimum atomic E-state index is -0.494. The summed E-state index contributed by atoms with van der Waals surface area (Å²) in [5.74, 6) is 0.118. The number of amides is 1. The van der Waals surface area contributed by atoms with Crippen LogP contribution >= 0.6 is 11.3 Å². The van der Waals surface area contributed by atoms with Gasteiger partial charge in [-0.1, -0.05) is 17.4 Å². The Morgan fingerprint density at radius 3 is 2.84 bits per heavy atom. The normalized spacial score (nSPS) is 10.6. The van der Waals surface area contributed by atoms with Crippen LogP contribution in [-0.4, -0.2) is 32.4 Å². The Morgan fingerprint density at radius 1 is 1.16 bits per heavy atom. The molecule has 3 heterocycles. The topological polar surface area (TPSA) is 119 Å². The van der Waals surface area contributed by atoms with Crippen LogP contribution in [0.3, 0.4) is 0 Å². The fraction of sp³-hybridized carbons (Fsp3) is 0.188. The van der Waals surface area contributed by atoms with Crippen molar-refractivity contribution >= 4 is 28.2 Å². The zero-order valence-electron chi connectivity index (χ0n) is 13.3. The van der Waals surface area contributed by atoms with Crippen molar-refractivity contribution in [2.45, 2.75) is 13.0 Å². The van der Waals surface area contributed by atoms with Crippen LogP contribution in [0, 0.1) is 0 Å². The Hall–Kier alpha value is -2.91. The zero-order chi connectivity index (χ0) is 17.5. The summed E-state index contributed by atoms with van der Waals surface area (Å²) < 4.78 is 0. The van der Waals surface area contributed by atoms with Crippen LogP contribution in [0.25, 0.3) is 0 Å². The average molecular weight is 355 g/mol. The highest BCUT2D eigenvalue weighted by molar-refractivity contribution is 7.17. The van der Waals surface area contributed by atoms with Crippen molar-refractivity contribution in [3.8, 4) is 0 Å². The van der Waals surface area contributed by atoms with Crippen LogP contribution in [-0.2, 0) is 13.0 Å². The Labute approximate surface area is 148 Å². The van der Waals surface area contributed by atoms with Gasteiger partial charge in [0.05, 0.1) is 11.9 Å². The second kappa shape index (κ2) is 8.27. The van der Waals surface area contributed by atoms with Crippen molar-refractivity contribution < 1.29 is 4.79 Å². The summed E-state index contributed by atoms with van der Waals surface area (Å²) in [6.07, 6.45) is 5.57. The number of nitrogens with one attached hydrogen (secondary N) is 2. The third kappa shape index (κ3) is 5.03. The Bertz CT molecular complexity index is 837. The van der Waals surface area contributed by atoms with Crippen LogP contribution in [0.1, 0.15) is 21.1 Å². The number of pyridine rings is 1. The number of hydrogen-bond donors (Lipinski definition) is 3. The fourth-order valence-corrected chi connectivity index (χ4v) is 2.77. The van der Waals surface area contributed by atoms with Gasteiger partial charge in [0.25, 0.3) is 5.91 Å². The molecule has 1 amide bonds. The Kier molecular flexibility index (Phi) is 5.60. The minimum absolute atomic E-state index is 0.396. The monoisotopic (exact) mass is 355 g/mol. The SMILES string of the molecule is NC(=O)c1cnc(Nc2cc(CNCCc3ccccn3)ncn2)s1. The van der Waals surface area contributed by atoms with Crippen molar-refractivity contribution in [3.05, 3.63) is 59.3 Å². The van der Waals surface area contributed by atoms with Gasteiger partial charge in [-0.15, -0.1) is 0 Å². The number of anilines is 2. The molecule has 0 fully saturated rings. The van der Waals surface area contributed by atoms with E-state index in [0.29, 0.717) is 22.4 Å². The lowest BCUT2D eigenvalue weighted by Crippen LogP contribution is -2.18. The molecule has 0 aromatic carbocycles. The smallest absolute Gasteiger partial charge is 0.260 e. The number of nitrogens with zero attached hydrogens (tertiary/aromatic N) is 4. The van der Waals surface area contributed by atoms with Gasteiger partial charge in [0.15, 0.2) is 5.13 Å². The van der Waals surface area contributed by atoms with Gasteiger partial charge in [-0.05, 0) is 12.1 Å². The summed E-state index contributed by atoms with van der Waals surface area (Å²) in [5.41, 5.74) is 7.12. The van der Waals surface area contributed by atoms with Crippen LogP contribution < -0.4 is 16.4 Å². The molecular formula is C16H17N7OS. The van der Waals surface area contributed by atoms with E-state index in [4.69, 9.17) is 5.73 Å². The molecule has 4 N–H and O–H groups in total. The van der Waals surface area contributed by atoms with Gasteiger partial charge in [-0.2, -0.15) is 0 Å². The number of nitrogens with two attached hydrogens (primary N) is 1. The summed E-state index contributed by atoms with van der Waals surface area (Å²) in [6, 6.07) is 7.72. The summed E-state index contributed by atoms with van der Waals surface area (Å²) in [5, 5.41) is 6.93. The van der Waals surface area contributed by atoms with Gasteiger partial charge >= 0.3 is 0 Å². The third-order valence-electron chi connectivity index (χ3n) is 3.30. The molecule has 9 heteroatoms. The number of thiazole rings is 1. The van der Waals surface area contributed by atoms with Gasteiger partial charge < -0.3 is 16.4 Å². The molecule has 8 nitrogen and oxygen atoms in total. The molecule has 0 saturated heterocycles. The van der Waals surface area contributed by atoms with Gasteiger partial charge in [-0.25, -0.2) is 15.0 Å². The van der Waals surface area contributed by atoms with Gasteiger partial charge in [0.2, 0.25) is 0 Å². The third-order valence-corrected chi connectivity index (χ3v) is 4.22. The maximum atomic E-state index is 11.1. The van der Waals surface area contributed by atoms with E-state index in [9.17, 15) is 4.79 Å². The molecule has 0 aliphatic heterocycles. The first-order valence-electron chi connectivity index (χ1n) is 7.65. The molecule has 0 unspecified atom stereocenters. The molecule has 3 aromatic heterocycles. The predicted octanol–water partition coefficient (Wildman–Crippen LogP) is 1.50. The van der Waals surface area contributed by atoms with Crippen LogP contribution in [0.2, 0.25) is 0 Å². The minimum Gasteiger partial charge on any atom is -0.365 e. The number of carbonyl (C=O) groups excluding carboxylic acids is 1. The standard InChI is InChI=1S/C16H17N7OS/c17-15(24)13-9-20-16(25-13)23-14-7-12(21-10-22-14)8-18-6-4-11-3-1-2-5-19-11/h1-3,5,7,9-10,18H,4,6,8H2,(H2,17,24)(H,20,21,22,23). The molecule has 0 atom stereocenters. The highest BCUT2D eigenvalue weighted by atomic mass is 32.1. The van der Waals surface area contributed by atoms with Gasteiger partial charge in [-0.3, -0.25) is 9.78 Å². The number of primary amides is 1. The van der Waals surface area contributed by atoms with Crippen LogP contribution in [0.15, 0.2) is 43.0 Å². The second-order valence-electron chi connectivity index (χ2n) is 5.16. The number of aromatic nitrogens is 4. The Balaban J connectivity index is 1.51. The van der Waals surface area contributed by atoms with Crippen LogP contribution in [0.4, 0.5) is 10.9 Å². The molecule has 0 aliphatic rings. The molecule has 0 saturated carbocycles. The molecule has 0 radical (unpaired) electrons. The largest absolute Gasteiger partial charge is 0.365 e. The lowest BCUT2D eigenvalue weighted by molar-refractivity contribution is 0.100. The molecular weight excluding hydrogens is 338 g/mol. The van der Waals surface area contributed by atoms with E-state index in [1.807, 2.05) is 24.3 Å². The highest BCUT2D eigenvalue weighted by Gasteiger charge is 2.07. The quantitative estimate of drug-likeness (QED) is 0.524. The maximum absolute atomic E-state index is 11.1. The first-order chi connectivity index (χ1) is 12.2. The van der Waals surface area contributed by atoms with Gasteiger partial charge in [0.1, 0.15) is 17.0 Å². The number of rotatable bonds is 8. The zero-order valence-corrected chi connectivity index (χ0v) is 14.2. The van der Waals surface area contributed by atoms with Crippen molar-refractivity contribution in [3.63, 3.8) is 0 Å². The van der Waals surface area contributed by atoms with E-state index in [2.05, 4.69) is 30.6 Å². The Morgan fingerprint density at radius 2 is 2.08 bits per heavy atom. The van der Waals surface area contributed by atoms with Crippen molar-refractivity contribution in [2.24, 2.45) is 5.73 Å². The fourth-order valence-electron chi connectivity index (χ4n) is 2.10.